The lowest BCUT2D eigenvalue weighted by Gasteiger charge is -2.45. The molecule has 0 radical (unpaired) electrons. The normalized spacial score (nSPS) is 31.5. The van der Waals surface area contributed by atoms with Crippen LogP contribution >= 0.6 is 0 Å². The molecule has 1 rings (SSSR count). The average Bonchev–Trinajstić information content (AvgIpc) is 0.804. The van der Waals surface area contributed by atoms with Crippen molar-refractivity contribution in [3.05, 3.63) is 0 Å². The minimum atomic E-state index is -2.93. The number of rotatable bonds is 0. The van der Waals surface area contributed by atoms with Gasteiger partial charge in [0.05, 0.1) is 0 Å². The molecule has 1 fully saturated rings. The van der Waals surface area contributed by atoms with E-state index in [2.05, 4.69) is 380 Å². The topological polar surface area (TPSA) is 268 Å². The van der Waals surface area contributed by atoms with Crippen molar-refractivity contribution in [1.82, 2.24) is 0 Å². The van der Waals surface area contributed by atoms with Crippen LogP contribution in [0.5, 0.6) is 0 Å². The highest BCUT2D eigenvalue weighted by molar-refractivity contribution is 6.99. The first-order valence-corrected chi connectivity index (χ1v) is 123. The fourth-order valence-corrected chi connectivity index (χ4v) is 171. The summed E-state index contributed by atoms with van der Waals surface area (Å²) in [5.74, 6) is 0. The van der Waals surface area contributed by atoms with Gasteiger partial charge >= 0.3 is 248 Å². The molecule has 0 aromatic rings. The lowest BCUT2D eigenvalue weighted by molar-refractivity contribution is 0.244. The van der Waals surface area contributed by atoms with E-state index in [1.165, 1.54) is 0 Å². The summed E-state index contributed by atoms with van der Waals surface area (Å²) in [7, 11) is -85.0. The molecule has 116 heavy (non-hydrogen) atoms. The standard InChI is InChI=1S/C58H174O29Si29/c1-88(2)59-89(3,4)61-91(7,8)63-93(11,12)65-95(15,16)67-97(19,20)69-99(23,24)71-101(27,28)73-103(31,32)75-105(35,36)77-107(39,40)79-109(43,44)81-111(47,48)83-113(51,52)85-115(55,56)87-116(57,58)86-114(53,54)84-112(49,50)82-110(45,46)80-108(41,42)78-106(37,38)76-104(33,34)74-102(29,30)72-100(25,26)70-98(21,22)68-96(17,18)66-94(13,14)64-92(9,10)62-90(5,6)60-88/h1-58H3. The minimum absolute atomic E-state index is 2.05. The van der Waals surface area contributed by atoms with Crippen molar-refractivity contribution in [2.75, 3.05) is 0 Å². The fraction of sp³-hybridized carbons (Fsp3) is 1.00. The maximum absolute atomic E-state index is 7.02. The lowest BCUT2D eigenvalue weighted by atomic mass is 11.9. The van der Waals surface area contributed by atoms with Crippen LogP contribution in [0.2, 0.25) is 380 Å². The van der Waals surface area contributed by atoms with Crippen molar-refractivity contribution in [3.63, 3.8) is 0 Å². The summed E-state index contributed by atoms with van der Waals surface area (Å²) in [6.45, 7) is 119. The molecule has 696 valence electrons. The third-order valence-electron chi connectivity index (χ3n) is 14.3. The van der Waals surface area contributed by atoms with Crippen molar-refractivity contribution < 1.29 is 119 Å². The van der Waals surface area contributed by atoms with Crippen LogP contribution in [0.3, 0.4) is 0 Å². The van der Waals surface area contributed by atoms with E-state index in [1.54, 1.807) is 0 Å². The van der Waals surface area contributed by atoms with Gasteiger partial charge in [0.25, 0.3) is 0 Å². The second-order valence-electron chi connectivity index (χ2n) is 43.6. The van der Waals surface area contributed by atoms with E-state index < -0.39 is 248 Å². The SMILES string of the molecule is C[Si]1(C)O[Si](C)(C)O[Si](C)(C)O[Si](C)(C)O[Si](C)(C)O[Si](C)(C)O[Si](C)(C)O[Si](C)(C)O[Si](C)(C)O[Si](C)(C)O[Si](C)(C)O[Si](C)(C)O[Si](C)(C)O[Si](C)(C)O[Si](C)(C)O[Si](C)(C)O[Si](C)(C)O[Si](C)(C)O[Si](C)(C)O[Si](C)(C)O[Si](C)(C)O[Si](C)(C)O[Si](C)(C)O[Si](C)(C)O[Si](C)(C)O[Si](C)(C)O[Si](C)(C)O[Si](C)(C)O[Si](C)(C)O1. The molecule has 1 heterocycles. The summed E-state index contributed by atoms with van der Waals surface area (Å²) in [5, 5.41) is 0. The van der Waals surface area contributed by atoms with Crippen LogP contribution in [0.4, 0.5) is 0 Å². The summed E-state index contributed by atoms with van der Waals surface area (Å²) in [6.07, 6.45) is 0. The highest BCUT2D eigenvalue weighted by Gasteiger charge is 2.58. The third kappa shape index (κ3) is 51.8. The van der Waals surface area contributed by atoms with Crippen molar-refractivity contribution >= 4 is 248 Å². The van der Waals surface area contributed by atoms with Gasteiger partial charge in [-0.1, -0.05) is 0 Å². The summed E-state index contributed by atoms with van der Waals surface area (Å²) in [4.78, 5) is 0. The van der Waals surface area contributed by atoms with Gasteiger partial charge in [-0.15, -0.1) is 0 Å². The Balaban J connectivity index is 3.81. The second-order valence-corrected chi connectivity index (χ2v) is 148. The Hall–Kier alpha value is 5.13. The second kappa shape index (κ2) is 39.4. The molecule has 0 amide bonds. The first-order valence-electron chi connectivity index (χ1n) is 40.8. The van der Waals surface area contributed by atoms with Gasteiger partial charge in [0.1, 0.15) is 0 Å². The Morgan fingerprint density at radius 2 is 0.0690 bits per heavy atom. The highest BCUT2D eigenvalue weighted by atomic mass is 28.6. The zero-order valence-corrected chi connectivity index (χ0v) is 113. The van der Waals surface area contributed by atoms with E-state index in [9.17, 15) is 0 Å². The van der Waals surface area contributed by atoms with E-state index in [0.717, 1.165) is 0 Å². The lowest BCUT2D eigenvalue weighted by Crippen LogP contribution is -2.63. The van der Waals surface area contributed by atoms with Gasteiger partial charge in [-0.2, -0.15) is 0 Å². The highest BCUT2D eigenvalue weighted by Crippen LogP contribution is 2.39. The number of hydrogen-bond acceptors (Lipinski definition) is 29. The van der Waals surface area contributed by atoms with Crippen LogP contribution in [-0.2, 0) is 119 Å². The summed E-state index contributed by atoms with van der Waals surface area (Å²) in [6, 6.07) is 0. The van der Waals surface area contributed by atoms with Gasteiger partial charge in [0.2, 0.25) is 0 Å². The average molecular weight is 2150 g/mol. The van der Waals surface area contributed by atoms with Gasteiger partial charge in [-0.3, -0.25) is 0 Å². The van der Waals surface area contributed by atoms with Crippen molar-refractivity contribution in [2.45, 2.75) is 380 Å². The quantitative estimate of drug-likeness (QED) is 0.204. The molecule has 0 unspecified atom stereocenters. The molecular formula is C58H174O29Si29. The zero-order chi connectivity index (χ0) is 93.0. The molecule has 0 spiro atoms. The van der Waals surface area contributed by atoms with Gasteiger partial charge in [0.15, 0.2) is 0 Å². The summed E-state index contributed by atoms with van der Waals surface area (Å²) < 4.78 is 204. The summed E-state index contributed by atoms with van der Waals surface area (Å²) >= 11 is 0. The minimum Gasteiger partial charge on any atom is -0.416 e. The van der Waals surface area contributed by atoms with Crippen LogP contribution in [0.1, 0.15) is 0 Å². The van der Waals surface area contributed by atoms with Crippen LogP contribution in [0, 0.1) is 0 Å². The molecule has 0 saturated carbocycles. The molecule has 0 aliphatic carbocycles. The zero-order valence-electron chi connectivity index (χ0n) is 84.3. The van der Waals surface area contributed by atoms with Gasteiger partial charge < -0.3 is 119 Å². The molecule has 58 heteroatoms. The Labute approximate surface area is 740 Å². The maximum Gasteiger partial charge on any atom is 0.314 e. The third-order valence-corrected chi connectivity index (χ3v) is 128. The molecule has 0 aromatic carbocycles. The maximum atomic E-state index is 7.02. The molecule has 0 N–H and O–H groups in total. The van der Waals surface area contributed by atoms with E-state index in [4.69, 9.17) is 119 Å². The van der Waals surface area contributed by atoms with Crippen molar-refractivity contribution in [1.29, 1.82) is 0 Å². The molecular weight excluding hydrogens is 1980 g/mol. The molecule has 1 aliphatic heterocycles. The Bertz CT molecular complexity index is 2070. The molecule has 29 nitrogen and oxygen atoms in total. The van der Waals surface area contributed by atoms with Gasteiger partial charge in [-0.05, 0) is 380 Å². The predicted octanol–water partition coefficient (Wildman–Crippen LogP) is 20.8. The van der Waals surface area contributed by atoms with Crippen molar-refractivity contribution in [2.24, 2.45) is 0 Å². The number of hydrogen-bond donors (Lipinski definition) is 0. The molecule has 0 atom stereocenters. The van der Waals surface area contributed by atoms with Gasteiger partial charge in [-0.25, -0.2) is 0 Å². The molecule has 1 saturated heterocycles. The Kier molecular flexibility index (Phi) is 40.4. The predicted molar refractivity (Wildman–Crippen MR) is 538 cm³/mol. The van der Waals surface area contributed by atoms with E-state index in [1.807, 2.05) is 0 Å². The van der Waals surface area contributed by atoms with Crippen LogP contribution in [0.25, 0.3) is 0 Å². The smallest absolute Gasteiger partial charge is 0.314 e. The first kappa shape index (κ1) is 119. The van der Waals surface area contributed by atoms with Crippen LogP contribution in [-0.4, -0.2) is 248 Å². The van der Waals surface area contributed by atoms with E-state index >= 15 is 0 Å². The monoisotopic (exact) mass is 2150 g/mol. The Morgan fingerprint density at radius 1 is 0.0517 bits per heavy atom. The molecule has 1 aliphatic rings. The molecule has 0 aromatic heterocycles. The Morgan fingerprint density at radius 3 is 0.0862 bits per heavy atom. The fourth-order valence-electron chi connectivity index (χ4n) is 17.8. The van der Waals surface area contributed by atoms with E-state index in [0.29, 0.717) is 0 Å². The van der Waals surface area contributed by atoms with Crippen LogP contribution < -0.4 is 0 Å². The summed E-state index contributed by atoms with van der Waals surface area (Å²) in [5.41, 5.74) is 0. The van der Waals surface area contributed by atoms with Crippen LogP contribution in [0.15, 0.2) is 0 Å². The van der Waals surface area contributed by atoms with Crippen molar-refractivity contribution in [3.8, 4) is 0 Å². The molecule has 0 bridgehead atoms. The van der Waals surface area contributed by atoms with E-state index in [-0.39, 0.29) is 0 Å². The largest absolute Gasteiger partial charge is 0.416 e. The van der Waals surface area contributed by atoms with Gasteiger partial charge in [0, 0.05) is 0 Å². The first-order chi connectivity index (χ1) is 49.5.